The van der Waals surface area contributed by atoms with Gasteiger partial charge in [0.2, 0.25) is 15.9 Å². The van der Waals surface area contributed by atoms with Gasteiger partial charge in [-0.3, -0.25) is 9.52 Å². The molecule has 1 aromatic rings. The maximum atomic E-state index is 11.3. The zero-order valence-corrected chi connectivity index (χ0v) is 11.2. The number of carbonyl (C=O) groups excluding carboxylic acids is 1. The summed E-state index contributed by atoms with van der Waals surface area (Å²) in [5.41, 5.74) is 0.576. The molecule has 0 aliphatic heterocycles. The lowest BCUT2D eigenvalue weighted by atomic mass is 10.2. The second-order valence-corrected chi connectivity index (χ2v) is 5.42. The summed E-state index contributed by atoms with van der Waals surface area (Å²) in [7, 11) is -2.06. The average Bonchev–Trinajstić information content (AvgIpc) is 2.27. The zero-order chi connectivity index (χ0) is 14.5. The molecule has 0 aromatic heterocycles. The number of nitrogens with zero attached hydrogens (tertiary/aromatic N) is 1. The predicted molar refractivity (Wildman–Crippen MR) is 70.3 cm³/mol. The molecule has 0 heterocycles. The number of amides is 1. The van der Waals surface area contributed by atoms with Crippen LogP contribution < -0.4 is 14.8 Å². The number of ether oxygens (including phenoxy) is 1. The fraction of sp³-hybridized carbons (Fsp3) is 0.273. The minimum absolute atomic E-state index is 0.208. The molecular weight excluding hydrogens is 270 g/mol. The number of sulfonamides is 1. The Morgan fingerprint density at radius 1 is 1.47 bits per heavy atom. The van der Waals surface area contributed by atoms with E-state index in [-0.39, 0.29) is 12.1 Å². The normalized spacial score (nSPS) is 10.4. The molecule has 0 saturated carbocycles. The second-order valence-electron chi connectivity index (χ2n) is 3.67. The molecule has 1 amide bonds. The molecule has 0 aliphatic carbocycles. The first kappa shape index (κ1) is 14.8. The van der Waals surface area contributed by atoms with Crippen molar-refractivity contribution in [1.29, 1.82) is 5.26 Å². The maximum Gasteiger partial charge on any atom is 0.238 e. The number of hydrogen-bond acceptors (Lipinski definition) is 5. The first-order valence-corrected chi connectivity index (χ1v) is 7.07. The highest BCUT2D eigenvalue weighted by atomic mass is 32.2. The zero-order valence-electron chi connectivity index (χ0n) is 10.4. The van der Waals surface area contributed by atoms with E-state index in [0.717, 1.165) is 6.26 Å². The number of carbonyl (C=O) groups is 1. The molecule has 8 heteroatoms. The Morgan fingerprint density at radius 2 is 2.16 bits per heavy atom. The van der Waals surface area contributed by atoms with Crippen LogP contribution in [-0.4, -0.2) is 27.7 Å². The summed E-state index contributed by atoms with van der Waals surface area (Å²) in [6.07, 6.45) is 0.730. The second kappa shape index (κ2) is 6.06. The van der Waals surface area contributed by atoms with Crippen LogP contribution in [-0.2, 0) is 14.8 Å². The number of anilines is 2. The first-order chi connectivity index (χ1) is 8.85. The van der Waals surface area contributed by atoms with Crippen molar-refractivity contribution in [2.24, 2.45) is 0 Å². The molecule has 0 saturated heterocycles. The first-order valence-electron chi connectivity index (χ1n) is 5.18. The third-order valence-electron chi connectivity index (χ3n) is 2.02. The van der Waals surface area contributed by atoms with Gasteiger partial charge in [0, 0.05) is 5.69 Å². The van der Waals surface area contributed by atoms with E-state index in [2.05, 4.69) is 10.0 Å². The van der Waals surface area contributed by atoms with Crippen LogP contribution in [0.15, 0.2) is 18.2 Å². The average molecular weight is 283 g/mol. The van der Waals surface area contributed by atoms with Crippen molar-refractivity contribution in [2.45, 2.75) is 6.42 Å². The van der Waals surface area contributed by atoms with Gasteiger partial charge in [0.15, 0.2) is 0 Å². The number of hydrogen-bond donors (Lipinski definition) is 2. The van der Waals surface area contributed by atoms with Crippen LogP contribution in [0.4, 0.5) is 11.4 Å². The molecular formula is C11H13N3O4S. The van der Waals surface area contributed by atoms with Gasteiger partial charge in [-0.1, -0.05) is 0 Å². The molecule has 0 spiro atoms. The fourth-order valence-electron chi connectivity index (χ4n) is 1.34. The van der Waals surface area contributed by atoms with E-state index in [1.807, 2.05) is 0 Å². The van der Waals surface area contributed by atoms with Gasteiger partial charge in [-0.05, 0) is 18.2 Å². The van der Waals surface area contributed by atoms with Gasteiger partial charge in [0.25, 0.3) is 0 Å². The number of nitrogens with one attached hydrogen (secondary N) is 2. The third-order valence-corrected chi connectivity index (χ3v) is 2.61. The summed E-state index contributed by atoms with van der Waals surface area (Å²) in [4.78, 5) is 11.3. The molecule has 0 aliphatic rings. The Hall–Kier alpha value is -2.27. The van der Waals surface area contributed by atoms with Gasteiger partial charge in [-0.15, -0.1) is 0 Å². The molecule has 0 fully saturated rings. The van der Waals surface area contributed by atoms with Crippen LogP contribution in [0, 0.1) is 11.3 Å². The van der Waals surface area contributed by atoms with Gasteiger partial charge in [-0.2, -0.15) is 5.26 Å². The van der Waals surface area contributed by atoms with E-state index in [0.29, 0.717) is 11.4 Å². The van der Waals surface area contributed by atoms with Crippen LogP contribution in [0.3, 0.4) is 0 Å². The third kappa shape index (κ3) is 4.85. The number of rotatable bonds is 5. The summed E-state index contributed by atoms with van der Waals surface area (Å²) in [6.45, 7) is 0. The highest BCUT2D eigenvalue weighted by molar-refractivity contribution is 7.92. The molecule has 0 bridgehead atoms. The highest BCUT2D eigenvalue weighted by Crippen LogP contribution is 2.28. The quantitative estimate of drug-likeness (QED) is 0.835. The van der Waals surface area contributed by atoms with Crippen LogP contribution >= 0.6 is 0 Å². The van der Waals surface area contributed by atoms with Crippen LogP contribution in [0.2, 0.25) is 0 Å². The van der Waals surface area contributed by atoms with Crippen LogP contribution in [0.5, 0.6) is 5.75 Å². The summed E-state index contributed by atoms with van der Waals surface area (Å²) in [5, 5.41) is 10.9. The standard InChI is InChI=1S/C11H13N3O4S/c1-18-10-4-3-8(13-11(15)5-6-12)7-9(10)14-19(2,16)17/h3-4,7,14H,5H2,1-2H3,(H,13,15). The Labute approximate surface area is 111 Å². The van der Waals surface area contributed by atoms with Crippen molar-refractivity contribution >= 4 is 27.3 Å². The topological polar surface area (TPSA) is 108 Å². The lowest BCUT2D eigenvalue weighted by molar-refractivity contribution is -0.115. The van der Waals surface area contributed by atoms with Crippen molar-refractivity contribution < 1.29 is 17.9 Å². The molecule has 0 unspecified atom stereocenters. The van der Waals surface area contributed by atoms with Crippen molar-refractivity contribution in [3.63, 3.8) is 0 Å². The van der Waals surface area contributed by atoms with Gasteiger partial charge < -0.3 is 10.1 Å². The molecule has 7 nitrogen and oxygen atoms in total. The SMILES string of the molecule is COc1ccc(NC(=O)CC#N)cc1NS(C)(=O)=O. The van der Waals surface area contributed by atoms with Crippen molar-refractivity contribution in [3.05, 3.63) is 18.2 Å². The molecule has 2 N–H and O–H groups in total. The van der Waals surface area contributed by atoms with Crippen LogP contribution in [0.1, 0.15) is 6.42 Å². The van der Waals surface area contributed by atoms with Crippen molar-refractivity contribution in [3.8, 4) is 11.8 Å². The molecule has 1 aromatic carbocycles. The lowest BCUT2D eigenvalue weighted by Gasteiger charge is -2.12. The van der Waals surface area contributed by atoms with Crippen LogP contribution in [0.25, 0.3) is 0 Å². The molecule has 0 atom stereocenters. The van der Waals surface area contributed by atoms with Gasteiger partial charge >= 0.3 is 0 Å². The van der Waals surface area contributed by atoms with Crippen molar-refractivity contribution in [1.82, 2.24) is 0 Å². The monoisotopic (exact) mass is 283 g/mol. The fourth-order valence-corrected chi connectivity index (χ4v) is 1.90. The van der Waals surface area contributed by atoms with E-state index >= 15 is 0 Å². The minimum Gasteiger partial charge on any atom is -0.495 e. The van der Waals surface area contributed by atoms with E-state index in [9.17, 15) is 13.2 Å². The Morgan fingerprint density at radius 3 is 2.68 bits per heavy atom. The molecule has 19 heavy (non-hydrogen) atoms. The Kier molecular flexibility index (Phi) is 4.72. The van der Waals surface area contributed by atoms with Gasteiger partial charge in [0.1, 0.15) is 12.2 Å². The molecule has 102 valence electrons. The molecule has 1 rings (SSSR count). The number of nitriles is 1. The minimum atomic E-state index is -3.46. The summed E-state index contributed by atoms with van der Waals surface area (Å²) < 4.78 is 29.7. The van der Waals surface area contributed by atoms with Gasteiger partial charge in [-0.25, -0.2) is 8.42 Å². The summed E-state index contributed by atoms with van der Waals surface area (Å²) >= 11 is 0. The van der Waals surface area contributed by atoms with Crippen molar-refractivity contribution in [2.75, 3.05) is 23.4 Å². The van der Waals surface area contributed by atoms with E-state index in [1.54, 1.807) is 12.1 Å². The smallest absolute Gasteiger partial charge is 0.238 e. The molecule has 0 radical (unpaired) electrons. The van der Waals surface area contributed by atoms with E-state index < -0.39 is 15.9 Å². The highest BCUT2D eigenvalue weighted by Gasteiger charge is 2.10. The Balaban J connectivity index is 3.02. The number of benzene rings is 1. The number of methoxy groups -OCH3 is 1. The van der Waals surface area contributed by atoms with E-state index in [4.69, 9.17) is 10.00 Å². The Bertz CT molecular complexity index is 619. The largest absolute Gasteiger partial charge is 0.495 e. The predicted octanol–water partition coefficient (Wildman–Crippen LogP) is 0.919. The summed E-state index contributed by atoms with van der Waals surface area (Å²) in [5.74, 6) is -0.151. The lowest BCUT2D eigenvalue weighted by Crippen LogP contribution is -2.13. The maximum absolute atomic E-state index is 11.3. The summed E-state index contributed by atoms with van der Waals surface area (Å²) in [6, 6.07) is 6.18. The van der Waals surface area contributed by atoms with Gasteiger partial charge in [0.05, 0.1) is 25.1 Å². The van der Waals surface area contributed by atoms with E-state index in [1.165, 1.54) is 19.2 Å².